The molecule has 0 aromatic heterocycles. The normalized spacial score (nSPS) is 10.4. The summed E-state index contributed by atoms with van der Waals surface area (Å²) in [6.45, 7) is 5.17. The zero-order valence-corrected chi connectivity index (χ0v) is 10.8. The molecule has 0 bridgehead atoms. The minimum absolute atomic E-state index is 0.0103. The molecular formula is C13H19FN2O2. The van der Waals surface area contributed by atoms with Crippen LogP contribution in [-0.2, 0) is 4.74 Å². The maximum Gasteiger partial charge on any atom is 0.254 e. The second-order valence-electron chi connectivity index (χ2n) is 4.01. The SMILES string of the molecule is CCOCCCNC(=O)c1cc(N)cc(C)c1F. The Morgan fingerprint density at radius 1 is 1.50 bits per heavy atom. The lowest BCUT2D eigenvalue weighted by Gasteiger charge is -2.08. The highest BCUT2D eigenvalue weighted by atomic mass is 19.1. The summed E-state index contributed by atoms with van der Waals surface area (Å²) in [6, 6.07) is 2.85. The lowest BCUT2D eigenvalue weighted by Crippen LogP contribution is -2.26. The first kappa shape index (κ1) is 14.4. The third-order valence-corrected chi connectivity index (χ3v) is 2.48. The molecule has 0 aliphatic carbocycles. The summed E-state index contributed by atoms with van der Waals surface area (Å²) in [6.07, 6.45) is 0.697. The summed E-state index contributed by atoms with van der Waals surface area (Å²) >= 11 is 0. The second kappa shape index (κ2) is 6.96. The average molecular weight is 254 g/mol. The van der Waals surface area contributed by atoms with Crippen molar-refractivity contribution in [1.82, 2.24) is 5.32 Å². The largest absolute Gasteiger partial charge is 0.399 e. The van der Waals surface area contributed by atoms with Gasteiger partial charge in [0.15, 0.2) is 0 Å². The van der Waals surface area contributed by atoms with E-state index in [-0.39, 0.29) is 5.56 Å². The predicted octanol–water partition coefficient (Wildman–Crippen LogP) is 1.87. The molecule has 0 radical (unpaired) electrons. The number of hydrogen-bond donors (Lipinski definition) is 2. The topological polar surface area (TPSA) is 64.3 Å². The molecule has 0 fully saturated rings. The van der Waals surface area contributed by atoms with Gasteiger partial charge in [-0.15, -0.1) is 0 Å². The molecule has 1 aromatic rings. The molecule has 100 valence electrons. The van der Waals surface area contributed by atoms with Gasteiger partial charge in [-0.1, -0.05) is 0 Å². The molecule has 0 aliphatic rings. The van der Waals surface area contributed by atoms with E-state index in [4.69, 9.17) is 10.5 Å². The van der Waals surface area contributed by atoms with Crippen molar-refractivity contribution in [3.8, 4) is 0 Å². The fraction of sp³-hybridized carbons (Fsp3) is 0.462. The van der Waals surface area contributed by atoms with Gasteiger partial charge in [-0.25, -0.2) is 4.39 Å². The van der Waals surface area contributed by atoms with Crippen molar-refractivity contribution >= 4 is 11.6 Å². The summed E-state index contributed by atoms with van der Waals surface area (Å²) < 4.78 is 18.9. The first-order valence-corrected chi connectivity index (χ1v) is 5.97. The minimum Gasteiger partial charge on any atom is -0.399 e. The number of nitrogens with one attached hydrogen (secondary N) is 1. The maximum absolute atomic E-state index is 13.7. The van der Waals surface area contributed by atoms with Gasteiger partial charge >= 0.3 is 0 Å². The smallest absolute Gasteiger partial charge is 0.254 e. The van der Waals surface area contributed by atoms with Gasteiger partial charge in [-0.2, -0.15) is 0 Å². The van der Waals surface area contributed by atoms with Crippen LogP contribution in [0.5, 0.6) is 0 Å². The fourth-order valence-corrected chi connectivity index (χ4v) is 1.58. The van der Waals surface area contributed by atoms with Gasteiger partial charge in [0.05, 0.1) is 5.56 Å². The molecule has 3 N–H and O–H groups in total. The number of ether oxygens (including phenoxy) is 1. The third kappa shape index (κ3) is 4.00. The Hall–Kier alpha value is -1.62. The number of hydrogen-bond acceptors (Lipinski definition) is 3. The van der Waals surface area contributed by atoms with Crippen LogP contribution in [0.3, 0.4) is 0 Å². The molecule has 0 unspecified atom stereocenters. The van der Waals surface area contributed by atoms with Gasteiger partial charge in [0.25, 0.3) is 5.91 Å². The Morgan fingerprint density at radius 2 is 2.22 bits per heavy atom. The molecule has 1 rings (SSSR count). The Bertz CT molecular complexity index is 422. The zero-order chi connectivity index (χ0) is 13.5. The molecule has 1 aromatic carbocycles. The van der Waals surface area contributed by atoms with Crippen molar-refractivity contribution in [1.29, 1.82) is 0 Å². The van der Waals surface area contributed by atoms with Crippen LogP contribution in [0, 0.1) is 12.7 Å². The number of anilines is 1. The second-order valence-corrected chi connectivity index (χ2v) is 4.01. The van der Waals surface area contributed by atoms with E-state index >= 15 is 0 Å². The molecule has 0 saturated carbocycles. The van der Waals surface area contributed by atoms with E-state index in [0.29, 0.717) is 37.4 Å². The standard InChI is InChI=1S/C13H19FN2O2/c1-3-18-6-4-5-16-13(17)11-8-10(15)7-9(2)12(11)14/h7-8H,3-6,15H2,1-2H3,(H,16,17). The van der Waals surface area contributed by atoms with Gasteiger partial charge in [0.1, 0.15) is 5.82 Å². The van der Waals surface area contributed by atoms with E-state index in [9.17, 15) is 9.18 Å². The van der Waals surface area contributed by atoms with Crippen molar-refractivity contribution < 1.29 is 13.9 Å². The number of carbonyl (C=O) groups is 1. The number of nitrogens with two attached hydrogens (primary N) is 1. The van der Waals surface area contributed by atoms with E-state index in [1.54, 1.807) is 6.92 Å². The van der Waals surface area contributed by atoms with Crippen LogP contribution in [0.15, 0.2) is 12.1 Å². The Morgan fingerprint density at radius 3 is 2.89 bits per heavy atom. The lowest BCUT2D eigenvalue weighted by molar-refractivity contribution is 0.0940. The molecule has 0 heterocycles. The van der Waals surface area contributed by atoms with Crippen LogP contribution in [0.1, 0.15) is 29.3 Å². The molecule has 4 nitrogen and oxygen atoms in total. The van der Waals surface area contributed by atoms with Crippen molar-refractivity contribution in [3.05, 3.63) is 29.1 Å². The molecule has 18 heavy (non-hydrogen) atoms. The van der Waals surface area contributed by atoms with E-state index in [1.807, 2.05) is 6.92 Å². The quantitative estimate of drug-likeness (QED) is 0.601. The van der Waals surface area contributed by atoms with Crippen molar-refractivity contribution in [2.75, 3.05) is 25.5 Å². The Kier molecular flexibility index (Phi) is 5.58. The number of amides is 1. The highest BCUT2D eigenvalue weighted by molar-refractivity contribution is 5.95. The Labute approximate surface area is 106 Å². The molecule has 0 saturated heterocycles. The molecule has 0 atom stereocenters. The number of halogens is 1. The van der Waals surface area contributed by atoms with Crippen molar-refractivity contribution in [2.24, 2.45) is 0 Å². The number of aryl methyl sites for hydroxylation is 1. The van der Waals surface area contributed by atoms with Crippen molar-refractivity contribution in [3.63, 3.8) is 0 Å². The van der Waals surface area contributed by atoms with Gasteiger partial charge < -0.3 is 15.8 Å². The summed E-state index contributed by atoms with van der Waals surface area (Å²) in [5.41, 5.74) is 6.34. The molecule has 0 aliphatic heterocycles. The molecule has 0 spiro atoms. The molecular weight excluding hydrogens is 235 g/mol. The fourth-order valence-electron chi connectivity index (χ4n) is 1.58. The predicted molar refractivity (Wildman–Crippen MR) is 69.0 cm³/mol. The summed E-state index contributed by atoms with van der Waals surface area (Å²) in [4.78, 5) is 11.8. The number of benzene rings is 1. The van der Waals surface area contributed by atoms with E-state index in [1.165, 1.54) is 12.1 Å². The lowest BCUT2D eigenvalue weighted by atomic mass is 10.1. The Balaban J connectivity index is 2.56. The zero-order valence-electron chi connectivity index (χ0n) is 10.8. The number of nitrogen functional groups attached to an aromatic ring is 1. The van der Waals surface area contributed by atoms with Crippen LogP contribution in [0.25, 0.3) is 0 Å². The van der Waals surface area contributed by atoms with Crippen molar-refractivity contribution in [2.45, 2.75) is 20.3 Å². The monoisotopic (exact) mass is 254 g/mol. The molecule has 5 heteroatoms. The molecule has 1 amide bonds. The average Bonchev–Trinajstić information content (AvgIpc) is 2.33. The number of rotatable bonds is 6. The van der Waals surface area contributed by atoms with Crippen LogP contribution in [0.2, 0.25) is 0 Å². The summed E-state index contributed by atoms with van der Waals surface area (Å²) in [5, 5.41) is 2.64. The number of carbonyl (C=O) groups excluding carboxylic acids is 1. The van der Waals surface area contributed by atoms with Gasteiger partial charge in [-0.05, 0) is 38.0 Å². The maximum atomic E-state index is 13.7. The van der Waals surface area contributed by atoms with E-state index < -0.39 is 11.7 Å². The first-order chi connectivity index (χ1) is 8.56. The van der Waals surface area contributed by atoms with Gasteiger partial charge in [0.2, 0.25) is 0 Å². The van der Waals surface area contributed by atoms with Crippen LogP contribution in [0.4, 0.5) is 10.1 Å². The van der Waals surface area contributed by atoms with Crippen LogP contribution < -0.4 is 11.1 Å². The van der Waals surface area contributed by atoms with Gasteiger partial charge in [0, 0.05) is 25.4 Å². The van der Waals surface area contributed by atoms with E-state index in [0.717, 1.165) is 0 Å². The first-order valence-electron chi connectivity index (χ1n) is 5.97. The van der Waals surface area contributed by atoms with Gasteiger partial charge in [-0.3, -0.25) is 4.79 Å². The highest BCUT2D eigenvalue weighted by Gasteiger charge is 2.13. The van der Waals surface area contributed by atoms with Crippen LogP contribution in [-0.4, -0.2) is 25.7 Å². The van der Waals surface area contributed by atoms with Crippen LogP contribution >= 0.6 is 0 Å². The summed E-state index contributed by atoms with van der Waals surface area (Å²) in [5.74, 6) is -0.967. The van der Waals surface area contributed by atoms with E-state index in [2.05, 4.69) is 5.32 Å². The third-order valence-electron chi connectivity index (χ3n) is 2.48. The summed E-state index contributed by atoms with van der Waals surface area (Å²) in [7, 11) is 0. The minimum atomic E-state index is -0.522. The highest BCUT2D eigenvalue weighted by Crippen LogP contribution is 2.16.